The van der Waals surface area contributed by atoms with Gasteiger partial charge in [-0.25, -0.2) is 4.79 Å². The standard InChI is InChI=1S/C9H18O3S/c1-3-4-6-12-9(11)8(10)5-7-13-2/h8,10H,3-7H2,1-2H3/t8-/m0/s1. The zero-order valence-electron chi connectivity index (χ0n) is 8.28. The van der Waals surface area contributed by atoms with Crippen LogP contribution in [0.2, 0.25) is 0 Å². The van der Waals surface area contributed by atoms with Gasteiger partial charge < -0.3 is 9.84 Å². The number of carbonyl (C=O) groups is 1. The van der Waals surface area contributed by atoms with Gasteiger partial charge in [-0.05, 0) is 24.9 Å². The minimum absolute atomic E-state index is 0.422. The summed E-state index contributed by atoms with van der Waals surface area (Å²) in [5.74, 6) is 0.298. The lowest BCUT2D eigenvalue weighted by Gasteiger charge is -2.09. The first-order chi connectivity index (χ1) is 6.22. The Morgan fingerprint density at radius 1 is 1.62 bits per heavy atom. The van der Waals surface area contributed by atoms with Crippen LogP contribution in [0.1, 0.15) is 26.2 Å². The van der Waals surface area contributed by atoms with E-state index < -0.39 is 12.1 Å². The molecule has 0 aromatic rings. The summed E-state index contributed by atoms with van der Waals surface area (Å²) in [6.45, 7) is 2.45. The SMILES string of the molecule is CCCCOC(=O)[C@@H](O)CCSC. The highest BCUT2D eigenvalue weighted by atomic mass is 32.2. The second-order valence-electron chi connectivity index (χ2n) is 2.82. The first-order valence-corrected chi connectivity index (χ1v) is 5.95. The molecule has 0 aliphatic heterocycles. The summed E-state index contributed by atoms with van der Waals surface area (Å²) in [5.41, 5.74) is 0. The van der Waals surface area contributed by atoms with Crippen LogP contribution in [0.5, 0.6) is 0 Å². The van der Waals surface area contributed by atoms with Crippen molar-refractivity contribution in [3.63, 3.8) is 0 Å². The normalized spacial score (nSPS) is 12.5. The van der Waals surface area contributed by atoms with Gasteiger partial charge in [0.05, 0.1) is 6.61 Å². The average Bonchev–Trinajstić information content (AvgIpc) is 2.14. The molecule has 1 N–H and O–H groups in total. The van der Waals surface area contributed by atoms with E-state index in [0.717, 1.165) is 18.6 Å². The van der Waals surface area contributed by atoms with Crippen LogP contribution in [0.25, 0.3) is 0 Å². The van der Waals surface area contributed by atoms with E-state index in [2.05, 4.69) is 0 Å². The molecular weight excluding hydrogens is 188 g/mol. The highest BCUT2D eigenvalue weighted by Crippen LogP contribution is 2.02. The zero-order chi connectivity index (χ0) is 10.1. The molecule has 0 aromatic carbocycles. The summed E-state index contributed by atoms with van der Waals surface area (Å²) >= 11 is 1.61. The van der Waals surface area contributed by atoms with E-state index in [1.165, 1.54) is 0 Å². The maximum absolute atomic E-state index is 11.0. The second-order valence-corrected chi connectivity index (χ2v) is 3.80. The Morgan fingerprint density at radius 3 is 2.85 bits per heavy atom. The first-order valence-electron chi connectivity index (χ1n) is 4.56. The van der Waals surface area contributed by atoms with E-state index in [0.29, 0.717) is 13.0 Å². The molecule has 1 atom stereocenters. The van der Waals surface area contributed by atoms with Crippen molar-refractivity contribution in [1.82, 2.24) is 0 Å². The Labute approximate surface area is 83.9 Å². The second kappa shape index (κ2) is 8.38. The van der Waals surface area contributed by atoms with Gasteiger partial charge in [-0.2, -0.15) is 11.8 Å². The molecule has 13 heavy (non-hydrogen) atoms. The Hall–Kier alpha value is -0.220. The molecular formula is C9H18O3S. The number of hydrogen-bond donors (Lipinski definition) is 1. The number of aliphatic hydroxyl groups is 1. The van der Waals surface area contributed by atoms with Gasteiger partial charge in [-0.3, -0.25) is 0 Å². The van der Waals surface area contributed by atoms with Crippen LogP contribution >= 0.6 is 11.8 Å². The van der Waals surface area contributed by atoms with E-state index in [1.807, 2.05) is 13.2 Å². The summed E-state index contributed by atoms with van der Waals surface area (Å²) in [6.07, 6.45) is 3.33. The van der Waals surface area contributed by atoms with Gasteiger partial charge in [0.25, 0.3) is 0 Å². The number of hydrogen-bond acceptors (Lipinski definition) is 4. The van der Waals surface area contributed by atoms with Crippen molar-refractivity contribution in [3.05, 3.63) is 0 Å². The van der Waals surface area contributed by atoms with Crippen LogP contribution in [0.3, 0.4) is 0 Å². The van der Waals surface area contributed by atoms with Gasteiger partial charge in [-0.15, -0.1) is 0 Å². The molecule has 0 heterocycles. The van der Waals surface area contributed by atoms with E-state index >= 15 is 0 Å². The summed E-state index contributed by atoms with van der Waals surface area (Å²) in [5, 5.41) is 9.26. The van der Waals surface area contributed by atoms with Crippen LogP contribution in [0.15, 0.2) is 0 Å². The van der Waals surface area contributed by atoms with Crippen LogP contribution in [0.4, 0.5) is 0 Å². The minimum atomic E-state index is -0.940. The number of aliphatic hydroxyl groups excluding tert-OH is 1. The van der Waals surface area contributed by atoms with Crippen molar-refractivity contribution in [1.29, 1.82) is 0 Å². The number of unbranched alkanes of at least 4 members (excludes halogenated alkanes) is 1. The first kappa shape index (κ1) is 12.8. The summed E-state index contributed by atoms with van der Waals surface area (Å²) in [6, 6.07) is 0. The summed E-state index contributed by atoms with van der Waals surface area (Å²) in [4.78, 5) is 11.0. The van der Waals surface area contributed by atoms with Crippen LogP contribution in [-0.4, -0.2) is 35.8 Å². The molecule has 0 saturated heterocycles. The average molecular weight is 206 g/mol. The molecule has 0 spiro atoms. The zero-order valence-corrected chi connectivity index (χ0v) is 9.10. The van der Waals surface area contributed by atoms with Crippen molar-refractivity contribution >= 4 is 17.7 Å². The van der Waals surface area contributed by atoms with Crippen molar-refractivity contribution in [2.45, 2.75) is 32.3 Å². The molecule has 0 aliphatic rings. The van der Waals surface area contributed by atoms with Crippen molar-refractivity contribution in [2.75, 3.05) is 18.6 Å². The van der Waals surface area contributed by atoms with Gasteiger partial charge in [0.2, 0.25) is 0 Å². The van der Waals surface area contributed by atoms with E-state index in [1.54, 1.807) is 11.8 Å². The van der Waals surface area contributed by atoms with E-state index in [9.17, 15) is 9.90 Å². The fourth-order valence-electron chi connectivity index (χ4n) is 0.761. The molecule has 78 valence electrons. The summed E-state index contributed by atoms with van der Waals surface area (Å²) < 4.78 is 4.84. The molecule has 0 amide bonds. The lowest BCUT2D eigenvalue weighted by Crippen LogP contribution is -2.24. The van der Waals surface area contributed by atoms with Gasteiger partial charge in [0.1, 0.15) is 0 Å². The maximum atomic E-state index is 11.0. The number of rotatable bonds is 7. The Morgan fingerprint density at radius 2 is 2.31 bits per heavy atom. The fourth-order valence-corrected chi connectivity index (χ4v) is 1.22. The maximum Gasteiger partial charge on any atom is 0.334 e. The molecule has 0 aliphatic carbocycles. The smallest absolute Gasteiger partial charge is 0.334 e. The third-order valence-corrected chi connectivity index (χ3v) is 2.25. The van der Waals surface area contributed by atoms with Crippen LogP contribution < -0.4 is 0 Å². The molecule has 0 bridgehead atoms. The topological polar surface area (TPSA) is 46.5 Å². The molecule has 0 unspecified atom stereocenters. The molecule has 0 aromatic heterocycles. The molecule has 0 saturated carbocycles. The highest BCUT2D eigenvalue weighted by molar-refractivity contribution is 7.98. The van der Waals surface area contributed by atoms with Gasteiger partial charge in [0.15, 0.2) is 6.10 Å². The Bertz CT molecular complexity index is 139. The summed E-state index contributed by atoms with van der Waals surface area (Å²) in [7, 11) is 0. The third kappa shape index (κ3) is 6.90. The minimum Gasteiger partial charge on any atom is -0.464 e. The van der Waals surface area contributed by atoms with Gasteiger partial charge in [-0.1, -0.05) is 13.3 Å². The number of ether oxygens (including phenoxy) is 1. The van der Waals surface area contributed by atoms with E-state index in [4.69, 9.17) is 4.74 Å². The van der Waals surface area contributed by atoms with Crippen LogP contribution in [0, 0.1) is 0 Å². The van der Waals surface area contributed by atoms with Gasteiger partial charge >= 0.3 is 5.97 Å². The molecule has 3 nitrogen and oxygen atoms in total. The lowest BCUT2D eigenvalue weighted by atomic mass is 10.3. The Kier molecular flexibility index (Phi) is 8.24. The van der Waals surface area contributed by atoms with Crippen molar-refractivity contribution in [2.24, 2.45) is 0 Å². The molecule has 0 rings (SSSR count). The third-order valence-electron chi connectivity index (χ3n) is 1.61. The molecule has 4 heteroatoms. The van der Waals surface area contributed by atoms with Gasteiger partial charge in [0, 0.05) is 0 Å². The predicted octanol–water partition coefficient (Wildman–Crippen LogP) is 1.44. The van der Waals surface area contributed by atoms with Crippen molar-refractivity contribution in [3.8, 4) is 0 Å². The predicted molar refractivity (Wildman–Crippen MR) is 54.9 cm³/mol. The molecule has 0 fully saturated rings. The number of carbonyl (C=O) groups excluding carboxylic acids is 1. The highest BCUT2D eigenvalue weighted by Gasteiger charge is 2.15. The number of thioether (sulfide) groups is 1. The fraction of sp³-hybridized carbons (Fsp3) is 0.889. The lowest BCUT2D eigenvalue weighted by molar-refractivity contribution is -0.153. The largest absolute Gasteiger partial charge is 0.464 e. The quantitative estimate of drug-likeness (QED) is 0.506. The van der Waals surface area contributed by atoms with E-state index in [-0.39, 0.29) is 0 Å². The number of esters is 1. The molecule has 0 radical (unpaired) electrons. The Balaban J connectivity index is 3.45. The van der Waals surface area contributed by atoms with Crippen LogP contribution in [-0.2, 0) is 9.53 Å². The van der Waals surface area contributed by atoms with Crippen molar-refractivity contribution < 1.29 is 14.6 Å². The monoisotopic (exact) mass is 206 g/mol.